The number of anilines is 1. The standard InChI is InChI=1S/C13H15F3N2O2/c1-4-17(8-9(2)3)12-6-5-10(18(19)20)7-11(12)13(14,15)16/h5-7H,2,4,8H2,1,3H3. The fourth-order valence-electron chi connectivity index (χ4n) is 1.83. The Hall–Kier alpha value is -2.05. The highest BCUT2D eigenvalue weighted by atomic mass is 19.4. The molecule has 110 valence electrons. The Morgan fingerprint density at radius 1 is 1.45 bits per heavy atom. The fourth-order valence-corrected chi connectivity index (χ4v) is 1.83. The van der Waals surface area contributed by atoms with Gasteiger partial charge in [-0.25, -0.2) is 0 Å². The van der Waals surface area contributed by atoms with E-state index < -0.39 is 22.4 Å². The number of alkyl halides is 3. The average molecular weight is 288 g/mol. The molecule has 0 atom stereocenters. The van der Waals surface area contributed by atoms with Crippen LogP contribution in [0, 0.1) is 10.1 Å². The first-order valence-corrected chi connectivity index (χ1v) is 5.91. The molecule has 0 N–H and O–H groups in total. The second kappa shape index (κ2) is 5.94. The number of nitro benzene ring substituents is 1. The van der Waals surface area contributed by atoms with E-state index >= 15 is 0 Å². The van der Waals surface area contributed by atoms with Crippen LogP contribution >= 0.6 is 0 Å². The molecule has 0 aromatic heterocycles. The van der Waals surface area contributed by atoms with Crippen molar-refractivity contribution in [3.05, 3.63) is 46.0 Å². The zero-order valence-electron chi connectivity index (χ0n) is 11.2. The van der Waals surface area contributed by atoms with Crippen molar-refractivity contribution >= 4 is 11.4 Å². The van der Waals surface area contributed by atoms with Crippen molar-refractivity contribution in [3.8, 4) is 0 Å². The molecular weight excluding hydrogens is 273 g/mol. The van der Waals surface area contributed by atoms with Crippen LogP contribution in [0.3, 0.4) is 0 Å². The van der Waals surface area contributed by atoms with E-state index in [0.717, 1.165) is 12.1 Å². The monoisotopic (exact) mass is 288 g/mol. The van der Waals surface area contributed by atoms with E-state index in [9.17, 15) is 23.3 Å². The van der Waals surface area contributed by atoms with E-state index in [1.807, 2.05) is 0 Å². The van der Waals surface area contributed by atoms with Crippen LogP contribution in [0.5, 0.6) is 0 Å². The molecule has 0 aliphatic rings. The van der Waals surface area contributed by atoms with Gasteiger partial charge in [-0.05, 0) is 19.9 Å². The van der Waals surface area contributed by atoms with E-state index in [1.54, 1.807) is 13.8 Å². The third-order valence-electron chi connectivity index (χ3n) is 2.68. The number of hydrogen-bond acceptors (Lipinski definition) is 3. The summed E-state index contributed by atoms with van der Waals surface area (Å²) in [6.07, 6.45) is -4.65. The number of rotatable bonds is 5. The maximum absolute atomic E-state index is 13.1. The first kappa shape index (κ1) is 16.0. The van der Waals surface area contributed by atoms with Crippen molar-refractivity contribution in [2.45, 2.75) is 20.0 Å². The summed E-state index contributed by atoms with van der Waals surface area (Å²) in [7, 11) is 0. The Balaban J connectivity index is 3.37. The first-order valence-electron chi connectivity index (χ1n) is 5.91. The summed E-state index contributed by atoms with van der Waals surface area (Å²) in [6, 6.07) is 2.77. The van der Waals surface area contributed by atoms with Gasteiger partial charge < -0.3 is 4.90 Å². The highest BCUT2D eigenvalue weighted by molar-refractivity contribution is 5.59. The minimum Gasteiger partial charge on any atom is -0.367 e. The normalized spacial score (nSPS) is 11.2. The van der Waals surface area contributed by atoms with Crippen molar-refractivity contribution < 1.29 is 18.1 Å². The molecule has 0 saturated heterocycles. The zero-order chi connectivity index (χ0) is 15.5. The summed E-state index contributed by atoms with van der Waals surface area (Å²) < 4.78 is 39.2. The highest BCUT2D eigenvalue weighted by Gasteiger charge is 2.36. The molecule has 1 aromatic rings. The van der Waals surface area contributed by atoms with Crippen LogP contribution in [0.15, 0.2) is 30.4 Å². The van der Waals surface area contributed by atoms with E-state index in [1.165, 1.54) is 4.90 Å². The van der Waals surface area contributed by atoms with Gasteiger partial charge in [0.2, 0.25) is 0 Å². The molecular formula is C13H15F3N2O2. The van der Waals surface area contributed by atoms with Crippen LogP contribution in [-0.2, 0) is 6.18 Å². The minimum absolute atomic E-state index is 0.0754. The lowest BCUT2D eigenvalue weighted by molar-refractivity contribution is -0.385. The Kier molecular flexibility index (Phi) is 4.75. The largest absolute Gasteiger partial charge is 0.418 e. The van der Waals surface area contributed by atoms with Crippen LogP contribution in [0.2, 0.25) is 0 Å². The van der Waals surface area contributed by atoms with Gasteiger partial charge in [0.25, 0.3) is 5.69 Å². The second-order valence-electron chi connectivity index (χ2n) is 4.43. The third-order valence-corrected chi connectivity index (χ3v) is 2.68. The van der Waals surface area contributed by atoms with E-state index in [-0.39, 0.29) is 12.2 Å². The van der Waals surface area contributed by atoms with Crippen LogP contribution in [0.4, 0.5) is 24.5 Å². The predicted octanol–water partition coefficient (Wildman–Crippen LogP) is 4.02. The summed E-state index contributed by atoms with van der Waals surface area (Å²) in [5, 5.41) is 10.6. The topological polar surface area (TPSA) is 46.4 Å². The van der Waals surface area contributed by atoms with Crippen molar-refractivity contribution in [3.63, 3.8) is 0 Å². The molecule has 0 spiro atoms. The van der Waals surface area contributed by atoms with Gasteiger partial charge in [-0.15, -0.1) is 0 Å². The molecule has 20 heavy (non-hydrogen) atoms. The van der Waals surface area contributed by atoms with Gasteiger partial charge in [0, 0.05) is 30.9 Å². The van der Waals surface area contributed by atoms with Gasteiger partial charge in [-0.2, -0.15) is 13.2 Å². The molecule has 4 nitrogen and oxygen atoms in total. The molecule has 0 aliphatic heterocycles. The number of likely N-dealkylation sites (N-methyl/N-ethyl adjacent to an activating group) is 1. The lowest BCUT2D eigenvalue weighted by atomic mass is 10.1. The van der Waals surface area contributed by atoms with Crippen molar-refractivity contribution in [1.82, 2.24) is 0 Å². The van der Waals surface area contributed by atoms with Crippen molar-refractivity contribution in [2.24, 2.45) is 0 Å². The molecule has 7 heteroatoms. The fraction of sp³-hybridized carbons (Fsp3) is 0.385. The number of nitro groups is 1. The molecule has 0 unspecified atom stereocenters. The second-order valence-corrected chi connectivity index (χ2v) is 4.43. The number of nitrogens with zero attached hydrogens (tertiary/aromatic N) is 2. The lowest BCUT2D eigenvalue weighted by Gasteiger charge is -2.26. The molecule has 1 rings (SSSR count). The van der Waals surface area contributed by atoms with E-state index in [4.69, 9.17) is 0 Å². The Labute approximate surface area is 114 Å². The van der Waals surface area contributed by atoms with Gasteiger partial charge in [-0.3, -0.25) is 10.1 Å². The molecule has 1 aromatic carbocycles. The van der Waals surface area contributed by atoms with Crippen LogP contribution in [0.25, 0.3) is 0 Å². The summed E-state index contributed by atoms with van der Waals surface area (Å²) in [4.78, 5) is 11.3. The van der Waals surface area contributed by atoms with Gasteiger partial charge in [0.15, 0.2) is 0 Å². The maximum atomic E-state index is 13.1. The SMILES string of the molecule is C=C(C)CN(CC)c1ccc([N+](=O)[O-])cc1C(F)(F)F. The average Bonchev–Trinajstić information content (AvgIpc) is 2.33. The molecule has 0 aliphatic carbocycles. The number of halogens is 3. The van der Waals surface area contributed by atoms with Crippen LogP contribution in [-0.4, -0.2) is 18.0 Å². The molecule has 0 heterocycles. The maximum Gasteiger partial charge on any atom is 0.418 e. The predicted molar refractivity (Wildman–Crippen MR) is 70.8 cm³/mol. The van der Waals surface area contributed by atoms with Gasteiger partial charge in [0.1, 0.15) is 0 Å². The lowest BCUT2D eigenvalue weighted by Crippen LogP contribution is -2.27. The quantitative estimate of drug-likeness (QED) is 0.467. The number of non-ortho nitro benzene ring substituents is 1. The van der Waals surface area contributed by atoms with Gasteiger partial charge in [0.05, 0.1) is 10.5 Å². The summed E-state index contributed by atoms with van der Waals surface area (Å²) >= 11 is 0. The third kappa shape index (κ3) is 3.72. The summed E-state index contributed by atoms with van der Waals surface area (Å²) in [5.41, 5.74) is -0.950. The molecule has 0 saturated carbocycles. The smallest absolute Gasteiger partial charge is 0.367 e. The number of hydrogen-bond donors (Lipinski definition) is 0. The first-order chi connectivity index (χ1) is 9.16. The Bertz CT molecular complexity index is 527. The molecule has 0 bridgehead atoms. The zero-order valence-corrected chi connectivity index (χ0v) is 11.2. The van der Waals surface area contributed by atoms with E-state index in [2.05, 4.69) is 6.58 Å². The Morgan fingerprint density at radius 3 is 2.45 bits per heavy atom. The number of benzene rings is 1. The molecule has 0 fully saturated rings. The highest BCUT2D eigenvalue weighted by Crippen LogP contribution is 2.38. The summed E-state index contributed by atoms with van der Waals surface area (Å²) in [6.45, 7) is 7.70. The van der Waals surface area contributed by atoms with Crippen molar-refractivity contribution in [2.75, 3.05) is 18.0 Å². The summed E-state index contributed by atoms with van der Waals surface area (Å²) in [5.74, 6) is 0. The van der Waals surface area contributed by atoms with Gasteiger partial charge in [-0.1, -0.05) is 12.2 Å². The van der Waals surface area contributed by atoms with E-state index in [0.29, 0.717) is 18.2 Å². The molecule has 0 radical (unpaired) electrons. The Morgan fingerprint density at radius 2 is 2.05 bits per heavy atom. The minimum atomic E-state index is -4.65. The van der Waals surface area contributed by atoms with Gasteiger partial charge >= 0.3 is 6.18 Å². The van der Waals surface area contributed by atoms with Crippen LogP contribution < -0.4 is 4.90 Å². The van der Waals surface area contributed by atoms with Crippen molar-refractivity contribution in [1.29, 1.82) is 0 Å². The molecule has 0 amide bonds. The van der Waals surface area contributed by atoms with Crippen LogP contribution in [0.1, 0.15) is 19.4 Å².